The van der Waals surface area contributed by atoms with E-state index in [1.165, 1.54) is 0 Å². The number of fused-ring (bicyclic) bond motifs is 1. The summed E-state index contributed by atoms with van der Waals surface area (Å²) in [4.78, 5) is 4.07. The topological polar surface area (TPSA) is 48.1 Å². The van der Waals surface area contributed by atoms with Gasteiger partial charge >= 0.3 is 0 Å². The molecule has 0 aliphatic rings. The van der Waals surface area contributed by atoms with Crippen molar-refractivity contribution in [2.24, 2.45) is 0 Å². The van der Waals surface area contributed by atoms with Gasteiger partial charge < -0.3 is 10.5 Å². The lowest BCUT2D eigenvalue weighted by Crippen LogP contribution is -1.91. The highest BCUT2D eigenvalue weighted by Gasteiger charge is 2.09. The van der Waals surface area contributed by atoms with Crippen LogP contribution in [0.2, 0.25) is 10.0 Å². The van der Waals surface area contributed by atoms with Crippen molar-refractivity contribution in [1.29, 1.82) is 0 Å². The molecule has 0 unspecified atom stereocenters. The average Bonchev–Trinajstić information content (AvgIpc) is 2.45. The molecule has 3 nitrogen and oxygen atoms in total. The lowest BCUT2D eigenvalue weighted by molar-refractivity contribution is 0.488. The number of aromatic nitrogens is 1. The second-order valence-electron chi connectivity index (χ2n) is 4.25. The first kappa shape index (κ1) is 13.0. The van der Waals surface area contributed by atoms with Crippen LogP contribution in [0, 0.1) is 0 Å². The van der Waals surface area contributed by atoms with E-state index in [-0.39, 0.29) is 0 Å². The number of nitrogens with zero attached hydrogens (tertiary/aromatic N) is 1. The number of rotatable bonds is 2. The van der Waals surface area contributed by atoms with Gasteiger partial charge in [-0.2, -0.15) is 0 Å². The van der Waals surface area contributed by atoms with E-state index in [0.717, 1.165) is 10.8 Å². The van der Waals surface area contributed by atoms with Crippen LogP contribution in [0.1, 0.15) is 0 Å². The number of nitrogen functional groups attached to an aromatic ring is 1. The lowest BCUT2D eigenvalue weighted by Gasteiger charge is -2.11. The number of nitrogens with two attached hydrogens (primary N) is 1. The van der Waals surface area contributed by atoms with Gasteiger partial charge in [-0.1, -0.05) is 23.2 Å². The quantitative estimate of drug-likeness (QED) is 0.684. The number of ether oxygens (including phenoxy) is 1. The van der Waals surface area contributed by atoms with Gasteiger partial charge in [0.1, 0.15) is 11.5 Å². The molecule has 0 radical (unpaired) electrons. The van der Waals surface area contributed by atoms with Crippen LogP contribution in [-0.2, 0) is 0 Å². The summed E-state index contributed by atoms with van der Waals surface area (Å²) in [7, 11) is 0. The molecule has 0 aliphatic heterocycles. The van der Waals surface area contributed by atoms with Gasteiger partial charge in [0.15, 0.2) is 0 Å². The van der Waals surface area contributed by atoms with Gasteiger partial charge in [-0.15, -0.1) is 0 Å². The van der Waals surface area contributed by atoms with Crippen LogP contribution in [0.3, 0.4) is 0 Å². The molecule has 1 heterocycles. The molecule has 0 fully saturated rings. The predicted octanol–water partition coefficient (Wildman–Crippen LogP) is 4.92. The van der Waals surface area contributed by atoms with Gasteiger partial charge in [-0.25, -0.2) is 0 Å². The van der Waals surface area contributed by atoms with Gasteiger partial charge in [0, 0.05) is 33.9 Å². The molecule has 3 rings (SSSR count). The molecule has 5 heteroatoms. The third-order valence-electron chi connectivity index (χ3n) is 2.93. The summed E-state index contributed by atoms with van der Waals surface area (Å²) in [6, 6.07) is 10.5. The van der Waals surface area contributed by atoms with E-state index in [0.29, 0.717) is 27.2 Å². The van der Waals surface area contributed by atoms with Gasteiger partial charge in [-0.3, -0.25) is 4.98 Å². The molecule has 0 bridgehead atoms. The van der Waals surface area contributed by atoms with E-state index in [2.05, 4.69) is 4.98 Å². The van der Waals surface area contributed by atoms with E-state index >= 15 is 0 Å². The van der Waals surface area contributed by atoms with Crippen LogP contribution in [0.4, 0.5) is 5.69 Å². The fraction of sp³-hybridized carbons (Fsp3) is 0. The number of benzene rings is 2. The number of pyridine rings is 1. The first-order valence-electron chi connectivity index (χ1n) is 5.90. The second-order valence-corrected chi connectivity index (χ2v) is 5.09. The maximum absolute atomic E-state index is 6.12. The minimum atomic E-state index is 0.455. The van der Waals surface area contributed by atoms with Crippen LogP contribution in [0.15, 0.2) is 48.8 Å². The largest absolute Gasteiger partial charge is 0.455 e. The maximum Gasteiger partial charge on any atom is 0.146 e. The van der Waals surface area contributed by atoms with E-state index in [1.807, 2.05) is 12.1 Å². The molecule has 0 saturated heterocycles. The Kier molecular flexibility index (Phi) is 3.38. The Balaban J connectivity index is 2.09. The van der Waals surface area contributed by atoms with Crippen LogP contribution in [-0.4, -0.2) is 4.98 Å². The van der Waals surface area contributed by atoms with Crippen molar-refractivity contribution >= 4 is 39.7 Å². The predicted molar refractivity (Wildman–Crippen MR) is 82.7 cm³/mol. The maximum atomic E-state index is 6.12. The summed E-state index contributed by atoms with van der Waals surface area (Å²) in [5.41, 5.74) is 6.58. The molecule has 0 amide bonds. The molecule has 3 aromatic rings. The molecule has 0 atom stereocenters. The van der Waals surface area contributed by atoms with Crippen LogP contribution in [0.5, 0.6) is 11.5 Å². The first-order chi connectivity index (χ1) is 9.65. The van der Waals surface area contributed by atoms with E-state index in [9.17, 15) is 0 Å². The second kappa shape index (κ2) is 5.19. The van der Waals surface area contributed by atoms with Crippen molar-refractivity contribution < 1.29 is 4.74 Å². The van der Waals surface area contributed by atoms with Crippen LogP contribution >= 0.6 is 23.2 Å². The monoisotopic (exact) mass is 304 g/mol. The lowest BCUT2D eigenvalue weighted by atomic mass is 10.1. The summed E-state index contributed by atoms with van der Waals surface area (Å²) in [5.74, 6) is 1.21. The molecule has 100 valence electrons. The number of halogens is 2. The van der Waals surface area contributed by atoms with Crippen molar-refractivity contribution in [2.75, 3.05) is 5.73 Å². The van der Waals surface area contributed by atoms with Crippen molar-refractivity contribution in [3.05, 3.63) is 58.8 Å². The average molecular weight is 305 g/mol. The Morgan fingerprint density at radius 2 is 1.75 bits per heavy atom. The summed E-state index contributed by atoms with van der Waals surface area (Å²) in [5, 5.41) is 2.74. The van der Waals surface area contributed by atoms with Gasteiger partial charge in [0.05, 0.1) is 5.02 Å². The van der Waals surface area contributed by atoms with Crippen LogP contribution < -0.4 is 10.5 Å². The molecule has 20 heavy (non-hydrogen) atoms. The minimum absolute atomic E-state index is 0.455. The molecule has 0 saturated carbocycles. The highest BCUT2D eigenvalue weighted by Crippen LogP contribution is 2.36. The Morgan fingerprint density at radius 1 is 0.950 bits per heavy atom. The molecular formula is C15H10Cl2N2O. The van der Waals surface area contributed by atoms with Gasteiger partial charge in [-0.05, 0) is 36.4 Å². The fourth-order valence-electron chi connectivity index (χ4n) is 1.95. The highest BCUT2D eigenvalue weighted by atomic mass is 35.5. The third kappa shape index (κ3) is 2.38. The molecule has 1 aromatic heterocycles. The zero-order chi connectivity index (χ0) is 14.1. The number of anilines is 1. The highest BCUT2D eigenvalue weighted by molar-refractivity contribution is 6.35. The van der Waals surface area contributed by atoms with Crippen molar-refractivity contribution in [2.45, 2.75) is 0 Å². The van der Waals surface area contributed by atoms with Crippen LogP contribution in [0.25, 0.3) is 10.8 Å². The van der Waals surface area contributed by atoms with Crippen molar-refractivity contribution in [3.63, 3.8) is 0 Å². The Morgan fingerprint density at radius 3 is 2.55 bits per heavy atom. The molecule has 2 N–H and O–H groups in total. The van der Waals surface area contributed by atoms with E-state index in [1.54, 1.807) is 36.7 Å². The summed E-state index contributed by atoms with van der Waals surface area (Å²) >= 11 is 12.0. The molecular weight excluding hydrogens is 295 g/mol. The first-order valence-corrected chi connectivity index (χ1v) is 6.66. The molecule has 2 aromatic carbocycles. The fourth-order valence-corrected chi connectivity index (χ4v) is 2.40. The Labute approximate surface area is 125 Å². The Bertz CT molecular complexity index is 790. The zero-order valence-corrected chi connectivity index (χ0v) is 11.8. The number of hydrogen-bond acceptors (Lipinski definition) is 3. The Hall–Kier alpha value is -1.97. The minimum Gasteiger partial charge on any atom is -0.455 e. The summed E-state index contributed by atoms with van der Waals surface area (Å²) in [6.07, 6.45) is 3.40. The SMILES string of the molecule is Nc1ccc(Oc2ccc(Cl)cc2Cl)c2ccncc12. The zero-order valence-electron chi connectivity index (χ0n) is 10.3. The summed E-state index contributed by atoms with van der Waals surface area (Å²) < 4.78 is 5.86. The van der Waals surface area contributed by atoms with E-state index < -0.39 is 0 Å². The third-order valence-corrected chi connectivity index (χ3v) is 3.46. The van der Waals surface area contributed by atoms with E-state index in [4.69, 9.17) is 33.7 Å². The summed E-state index contributed by atoms with van der Waals surface area (Å²) in [6.45, 7) is 0. The molecule has 0 spiro atoms. The van der Waals surface area contributed by atoms with Crippen molar-refractivity contribution in [3.8, 4) is 11.5 Å². The normalized spacial score (nSPS) is 10.7. The van der Waals surface area contributed by atoms with Crippen molar-refractivity contribution in [1.82, 2.24) is 4.98 Å². The smallest absolute Gasteiger partial charge is 0.146 e. The van der Waals surface area contributed by atoms with Gasteiger partial charge in [0.25, 0.3) is 0 Å². The van der Waals surface area contributed by atoms with Gasteiger partial charge in [0.2, 0.25) is 0 Å². The molecule has 0 aliphatic carbocycles. The standard InChI is InChI=1S/C15H10Cl2N2O/c16-9-1-3-15(12(17)7-9)20-14-4-2-13(18)11-8-19-6-5-10(11)14/h1-8H,18H2. The number of hydrogen-bond donors (Lipinski definition) is 1.